The van der Waals surface area contributed by atoms with Crippen LogP contribution in [0.15, 0.2) is 30.6 Å². The highest BCUT2D eigenvalue weighted by Gasteiger charge is 2.36. The van der Waals surface area contributed by atoms with E-state index >= 15 is 0 Å². The lowest BCUT2D eigenvalue weighted by Crippen LogP contribution is -2.28. The fourth-order valence-corrected chi connectivity index (χ4v) is 4.61. The van der Waals surface area contributed by atoms with Crippen LogP contribution >= 0.6 is 0 Å². The van der Waals surface area contributed by atoms with Crippen LogP contribution in [0.3, 0.4) is 0 Å². The molecule has 1 fully saturated rings. The number of benzene rings is 1. The quantitative estimate of drug-likeness (QED) is 0.547. The zero-order valence-corrected chi connectivity index (χ0v) is 18.8. The molecule has 5 rings (SSSR count). The largest absolute Gasteiger partial charge is 0.395 e. The number of nitrogens with one attached hydrogen (secondary N) is 2. The van der Waals surface area contributed by atoms with Crippen molar-refractivity contribution in [2.75, 3.05) is 37.0 Å². The zero-order valence-electron chi connectivity index (χ0n) is 18.8. The highest BCUT2D eigenvalue weighted by molar-refractivity contribution is 5.76. The molecule has 1 aromatic carbocycles. The Kier molecular flexibility index (Phi) is 5.48. The van der Waals surface area contributed by atoms with Gasteiger partial charge < -0.3 is 20.5 Å². The van der Waals surface area contributed by atoms with E-state index in [9.17, 15) is 10.4 Å². The molecular weight excluding hydrogens is 418 g/mol. The lowest BCUT2D eigenvalue weighted by Gasteiger charge is -2.23. The van der Waals surface area contributed by atoms with Gasteiger partial charge in [0.25, 0.3) is 0 Å². The van der Waals surface area contributed by atoms with Crippen molar-refractivity contribution in [1.29, 1.82) is 5.26 Å². The fraction of sp³-hybridized carbons (Fsp3) is 0.417. The summed E-state index contributed by atoms with van der Waals surface area (Å²) >= 11 is 0. The Morgan fingerprint density at radius 2 is 2.18 bits per heavy atom. The van der Waals surface area contributed by atoms with Crippen molar-refractivity contribution in [3.8, 4) is 17.3 Å². The Morgan fingerprint density at radius 1 is 1.36 bits per heavy atom. The van der Waals surface area contributed by atoms with E-state index in [-0.39, 0.29) is 6.61 Å². The summed E-state index contributed by atoms with van der Waals surface area (Å²) in [5.41, 5.74) is 5.24. The first-order chi connectivity index (χ1) is 16.0. The van der Waals surface area contributed by atoms with E-state index in [1.165, 1.54) is 0 Å². The van der Waals surface area contributed by atoms with Gasteiger partial charge in [-0.3, -0.25) is 4.68 Å². The highest BCUT2D eigenvalue weighted by Crippen LogP contribution is 2.41. The minimum absolute atomic E-state index is 0.00567. The second kappa shape index (κ2) is 8.46. The summed E-state index contributed by atoms with van der Waals surface area (Å²) in [6, 6.07) is 8.27. The maximum absolute atomic E-state index is 9.95. The average Bonchev–Trinajstić information content (AvgIpc) is 3.39. The topological polar surface area (TPSA) is 121 Å². The SMILES string of the molecule is Cc1c(Nc2nccc(-c3cc(C#N)c4c(c3)[C@@](C)(CO)CN4)n2)cnn1C1CCOCC1. The first kappa shape index (κ1) is 21.4. The van der Waals surface area contributed by atoms with E-state index in [1.807, 2.05) is 38.2 Å². The number of aliphatic hydroxyl groups excluding tert-OH is 1. The molecule has 170 valence electrons. The van der Waals surface area contributed by atoms with Gasteiger partial charge in [-0.05, 0) is 43.5 Å². The smallest absolute Gasteiger partial charge is 0.227 e. The number of anilines is 3. The zero-order chi connectivity index (χ0) is 23.0. The first-order valence-electron chi connectivity index (χ1n) is 11.2. The van der Waals surface area contributed by atoms with E-state index in [0.29, 0.717) is 29.8 Å². The summed E-state index contributed by atoms with van der Waals surface area (Å²) < 4.78 is 7.52. The Labute approximate surface area is 192 Å². The molecule has 3 N–H and O–H groups in total. The van der Waals surface area contributed by atoms with Crippen molar-refractivity contribution in [2.24, 2.45) is 0 Å². The van der Waals surface area contributed by atoms with Crippen LogP contribution in [-0.2, 0) is 10.2 Å². The molecule has 0 saturated carbocycles. The molecule has 9 heteroatoms. The lowest BCUT2D eigenvalue weighted by molar-refractivity contribution is 0.0657. The van der Waals surface area contributed by atoms with E-state index in [0.717, 1.165) is 54.3 Å². The van der Waals surface area contributed by atoms with Gasteiger partial charge in [-0.15, -0.1) is 0 Å². The normalized spacial score (nSPS) is 20.2. The van der Waals surface area contributed by atoms with Gasteiger partial charge in [-0.2, -0.15) is 10.4 Å². The van der Waals surface area contributed by atoms with Crippen LogP contribution in [0.2, 0.25) is 0 Å². The summed E-state index contributed by atoms with van der Waals surface area (Å²) in [6.45, 7) is 6.13. The van der Waals surface area contributed by atoms with Crippen molar-refractivity contribution in [2.45, 2.75) is 38.1 Å². The molecule has 0 amide bonds. The van der Waals surface area contributed by atoms with Gasteiger partial charge >= 0.3 is 0 Å². The van der Waals surface area contributed by atoms with Crippen LogP contribution in [0.1, 0.15) is 42.6 Å². The second-order valence-electron chi connectivity index (χ2n) is 8.95. The fourth-order valence-electron chi connectivity index (χ4n) is 4.61. The van der Waals surface area contributed by atoms with Gasteiger partial charge in [-0.25, -0.2) is 9.97 Å². The number of aromatic nitrogens is 4. The Morgan fingerprint density at radius 3 is 2.94 bits per heavy atom. The molecule has 0 unspecified atom stereocenters. The third-order valence-corrected chi connectivity index (χ3v) is 6.69. The molecule has 4 heterocycles. The number of hydrogen-bond acceptors (Lipinski definition) is 8. The van der Waals surface area contributed by atoms with Gasteiger partial charge in [0.15, 0.2) is 0 Å². The minimum atomic E-state index is -0.444. The van der Waals surface area contributed by atoms with Crippen molar-refractivity contribution in [3.63, 3.8) is 0 Å². The number of aliphatic hydroxyl groups is 1. The van der Waals surface area contributed by atoms with Gasteiger partial charge in [0, 0.05) is 36.9 Å². The van der Waals surface area contributed by atoms with Crippen LogP contribution < -0.4 is 10.6 Å². The molecule has 0 radical (unpaired) electrons. The van der Waals surface area contributed by atoms with E-state index in [1.54, 1.807) is 6.20 Å². The van der Waals surface area contributed by atoms with Crippen LogP contribution in [-0.4, -0.2) is 51.2 Å². The molecule has 0 aliphatic carbocycles. The molecule has 2 aromatic heterocycles. The predicted octanol–water partition coefficient (Wildman–Crippen LogP) is 3.29. The summed E-state index contributed by atoms with van der Waals surface area (Å²) in [6.07, 6.45) is 5.41. The molecule has 1 saturated heterocycles. The molecule has 0 spiro atoms. The first-order valence-corrected chi connectivity index (χ1v) is 11.2. The predicted molar refractivity (Wildman–Crippen MR) is 124 cm³/mol. The summed E-state index contributed by atoms with van der Waals surface area (Å²) in [5.74, 6) is 0.462. The molecule has 0 bridgehead atoms. The molecular formula is C24H27N7O2. The van der Waals surface area contributed by atoms with E-state index in [4.69, 9.17) is 9.72 Å². The number of nitrogens with zero attached hydrogens (tertiary/aromatic N) is 5. The molecule has 1 atom stereocenters. The summed E-state index contributed by atoms with van der Waals surface area (Å²) in [5, 5.41) is 30.8. The highest BCUT2D eigenvalue weighted by atomic mass is 16.5. The summed E-state index contributed by atoms with van der Waals surface area (Å²) in [4.78, 5) is 9.09. The Balaban J connectivity index is 1.45. The van der Waals surface area contributed by atoms with Crippen molar-refractivity contribution in [3.05, 3.63) is 47.4 Å². The minimum Gasteiger partial charge on any atom is -0.395 e. The van der Waals surface area contributed by atoms with Crippen LogP contribution in [0.25, 0.3) is 11.3 Å². The third kappa shape index (κ3) is 3.81. The average molecular weight is 446 g/mol. The Bertz CT molecular complexity index is 1230. The number of hydrogen-bond donors (Lipinski definition) is 3. The molecule has 33 heavy (non-hydrogen) atoms. The van der Waals surface area contributed by atoms with Crippen LogP contribution in [0.5, 0.6) is 0 Å². The van der Waals surface area contributed by atoms with Gasteiger partial charge in [0.05, 0.1) is 47.2 Å². The Hall–Kier alpha value is -3.48. The van der Waals surface area contributed by atoms with Crippen LogP contribution in [0.4, 0.5) is 17.3 Å². The number of rotatable bonds is 5. The van der Waals surface area contributed by atoms with Crippen LogP contribution in [0, 0.1) is 18.3 Å². The van der Waals surface area contributed by atoms with Crippen molar-refractivity contribution < 1.29 is 9.84 Å². The van der Waals surface area contributed by atoms with Gasteiger partial charge in [0.2, 0.25) is 5.95 Å². The lowest BCUT2D eigenvalue weighted by atomic mass is 9.83. The number of nitriles is 1. The summed E-state index contributed by atoms with van der Waals surface area (Å²) in [7, 11) is 0. The molecule has 2 aliphatic heterocycles. The molecule has 9 nitrogen and oxygen atoms in total. The van der Waals surface area contributed by atoms with E-state index < -0.39 is 5.41 Å². The van der Waals surface area contributed by atoms with E-state index in [2.05, 4.69) is 31.5 Å². The van der Waals surface area contributed by atoms with Gasteiger partial charge in [-0.1, -0.05) is 6.92 Å². The number of ether oxygens (including phenoxy) is 1. The molecule has 2 aliphatic rings. The monoisotopic (exact) mass is 445 g/mol. The molecule has 3 aromatic rings. The maximum atomic E-state index is 9.95. The van der Waals surface area contributed by atoms with Crippen molar-refractivity contribution in [1.82, 2.24) is 19.7 Å². The van der Waals surface area contributed by atoms with Crippen molar-refractivity contribution >= 4 is 17.3 Å². The number of fused-ring (bicyclic) bond motifs is 1. The standard InChI is InChI=1S/C24H27N7O2/c1-15-21(12-28-31(15)18-4-7-33-8-5-18)30-23-26-6-3-20(29-23)16-9-17(11-25)22-19(10-16)24(2,14-32)13-27-22/h3,6,9-10,12,18,27,32H,4-5,7-8,13-14H2,1-2H3,(H,26,29,30)/t24-/m1/s1. The maximum Gasteiger partial charge on any atom is 0.227 e. The van der Waals surface area contributed by atoms with Gasteiger partial charge in [0.1, 0.15) is 6.07 Å². The third-order valence-electron chi connectivity index (χ3n) is 6.69. The second-order valence-corrected chi connectivity index (χ2v) is 8.95.